The van der Waals surface area contributed by atoms with Crippen molar-refractivity contribution in [3.05, 3.63) is 24.3 Å². The topological polar surface area (TPSA) is 63.4 Å². The minimum Gasteiger partial charge on any atom is -0.370 e. The normalized spacial score (nSPS) is 24.5. The smallest absolute Gasteiger partial charge is 0.177 e. The molecule has 0 radical (unpaired) electrons. The molecule has 2 unspecified atom stereocenters. The Morgan fingerprint density at radius 3 is 2.68 bits per heavy atom. The summed E-state index contributed by atoms with van der Waals surface area (Å²) in [5.41, 5.74) is 6.92. The SMILES string of the molecule is CCC1CN(c2ccccc2S(C)(=O)=O)CCC1N. The van der Waals surface area contributed by atoms with Gasteiger partial charge in [-0.05, 0) is 24.5 Å². The number of rotatable bonds is 3. The van der Waals surface area contributed by atoms with Crippen LogP contribution in [0.4, 0.5) is 5.69 Å². The highest BCUT2D eigenvalue weighted by atomic mass is 32.2. The summed E-state index contributed by atoms with van der Waals surface area (Å²) in [6, 6.07) is 7.46. The van der Waals surface area contributed by atoms with Crippen LogP contribution < -0.4 is 10.6 Å². The van der Waals surface area contributed by atoms with Gasteiger partial charge in [0, 0.05) is 25.4 Å². The molecular formula is C14H22N2O2S. The van der Waals surface area contributed by atoms with Gasteiger partial charge in [0.2, 0.25) is 0 Å². The van der Waals surface area contributed by atoms with E-state index in [2.05, 4.69) is 11.8 Å². The minimum absolute atomic E-state index is 0.228. The van der Waals surface area contributed by atoms with E-state index in [1.54, 1.807) is 12.1 Å². The number of para-hydroxylation sites is 1. The van der Waals surface area contributed by atoms with Crippen LogP contribution in [0.2, 0.25) is 0 Å². The zero-order valence-electron chi connectivity index (χ0n) is 11.5. The van der Waals surface area contributed by atoms with Gasteiger partial charge in [0.15, 0.2) is 9.84 Å². The molecule has 1 aromatic rings. The predicted octanol–water partition coefficient (Wildman–Crippen LogP) is 1.65. The standard InChI is InChI=1S/C14H22N2O2S/c1-3-11-10-16(9-8-12(11)15)13-6-4-5-7-14(13)19(2,17)18/h4-7,11-12H,3,8-10,15H2,1-2H3. The van der Waals surface area contributed by atoms with Crippen molar-refractivity contribution in [1.82, 2.24) is 0 Å². The summed E-state index contributed by atoms with van der Waals surface area (Å²) >= 11 is 0. The third-order valence-electron chi connectivity index (χ3n) is 3.92. The van der Waals surface area contributed by atoms with Gasteiger partial charge >= 0.3 is 0 Å². The Labute approximate surface area is 115 Å². The lowest BCUT2D eigenvalue weighted by Crippen LogP contribution is -2.47. The Morgan fingerprint density at radius 2 is 2.05 bits per heavy atom. The summed E-state index contributed by atoms with van der Waals surface area (Å²) in [4.78, 5) is 2.58. The summed E-state index contributed by atoms with van der Waals surface area (Å²) in [7, 11) is -3.19. The maximum Gasteiger partial charge on any atom is 0.177 e. The molecule has 1 aliphatic heterocycles. The average molecular weight is 282 g/mol. The fourth-order valence-corrected chi connectivity index (χ4v) is 3.64. The average Bonchev–Trinajstić information content (AvgIpc) is 2.38. The number of hydrogen-bond donors (Lipinski definition) is 1. The van der Waals surface area contributed by atoms with E-state index in [4.69, 9.17) is 5.73 Å². The molecule has 1 aliphatic rings. The molecule has 0 amide bonds. The fourth-order valence-electron chi connectivity index (χ4n) is 2.73. The van der Waals surface area contributed by atoms with Gasteiger partial charge in [0.1, 0.15) is 0 Å². The first-order valence-electron chi connectivity index (χ1n) is 6.73. The second-order valence-electron chi connectivity index (χ2n) is 5.31. The summed E-state index contributed by atoms with van der Waals surface area (Å²) in [6.45, 7) is 3.80. The summed E-state index contributed by atoms with van der Waals surface area (Å²) in [5, 5.41) is 0. The predicted molar refractivity (Wildman–Crippen MR) is 78.1 cm³/mol. The van der Waals surface area contributed by atoms with Crippen LogP contribution in [-0.4, -0.2) is 33.8 Å². The molecule has 0 aliphatic carbocycles. The van der Waals surface area contributed by atoms with Gasteiger partial charge < -0.3 is 10.6 Å². The molecule has 0 saturated carbocycles. The number of hydrogen-bond acceptors (Lipinski definition) is 4. The summed E-state index contributed by atoms with van der Waals surface area (Å²) in [5.74, 6) is 0.432. The highest BCUT2D eigenvalue weighted by Gasteiger charge is 2.27. The van der Waals surface area contributed by atoms with Crippen molar-refractivity contribution in [3.8, 4) is 0 Å². The van der Waals surface area contributed by atoms with Gasteiger partial charge in [0.25, 0.3) is 0 Å². The van der Waals surface area contributed by atoms with E-state index in [1.165, 1.54) is 6.26 Å². The Kier molecular flexibility index (Phi) is 4.16. The van der Waals surface area contributed by atoms with E-state index in [0.717, 1.165) is 31.6 Å². The number of piperidine rings is 1. The number of nitrogens with zero attached hydrogens (tertiary/aromatic N) is 1. The van der Waals surface area contributed by atoms with Crippen molar-refractivity contribution in [3.63, 3.8) is 0 Å². The first-order valence-corrected chi connectivity index (χ1v) is 8.62. The molecule has 2 rings (SSSR count). The van der Waals surface area contributed by atoms with Crippen LogP contribution >= 0.6 is 0 Å². The third-order valence-corrected chi connectivity index (χ3v) is 5.07. The van der Waals surface area contributed by atoms with E-state index >= 15 is 0 Å². The van der Waals surface area contributed by atoms with E-state index in [9.17, 15) is 8.42 Å². The number of nitrogens with two attached hydrogens (primary N) is 1. The van der Waals surface area contributed by atoms with E-state index in [-0.39, 0.29) is 6.04 Å². The Morgan fingerprint density at radius 1 is 1.37 bits per heavy atom. The lowest BCUT2D eigenvalue weighted by atomic mass is 9.90. The molecule has 19 heavy (non-hydrogen) atoms. The second kappa shape index (κ2) is 5.51. The molecular weight excluding hydrogens is 260 g/mol. The molecule has 0 aromatic heterocycles. The molecule has 5 heteroatoms. The minimum atomic E-state index is -3.19. The quantitative estimate of drug-likeness (QED) is 0.915. The molecule has 106 valence electrons. The highest BCUT2D eigenvalue weighted by Crippen LogP contribution is 2.29. The van der Waals surface area contributed by atoms with Gasteiger partial charge in [-0.15, -0.1) is 0 Å². The van der Waals surface area contributed by atoms with Crippen LogP contribution in [0.5, 0.6) is 0 Å². The first-order chi connectivity index (χ1) is 8.93. The molecule has 1 aromatic carbocycles. The molecule has 1 fully saturated rings. The largest absolute Gasteiger partial charge is 0.370 e. The van der Waals surface area contributed by atoms with Gasteiger partial charge in [-0.2, -0.15) is 0 Å². The molecule has 1 heterocycles. The summed E-state index contributed by atoms with van der Waals surface area (Å²) < 4.78 is 23.7. The maximum atomic E-state index is 11.9. The van der Waals surface area contributed by atoms with Gasteiger partial charge in [0.05, 0.1) is 10.6 Å². The van der Waals surface area contributed by atoms with Crippen LogP contribution in [-0.2, 0) is 9.84 Å². The number of benzene rings is 1. The van der Waals surface area contributed by atoms with E-state index in [1.807, 2.05) is 12.1 Å². The van der Waals surface area contributed by atoms with Crippen molar-refractivity contribution >= 4 is 15.5 Å². The van der Waals surface area contributed by atoms with Crippen LogP contribution in [0, 0.1) is 5.92 Å². The molecule has 4 nitrogen and oxygen atoms in total. The van der Waals surface area contributed by atoms with Crippen LogP contribution in [0.1, 0.15) is 19.8 Å². The van der Waals surface area contributed by atoms with Crippen molar-refractivity contribution in [2.75, 3.05) is 24.2 Å². The summed E-state index contributed by atoms with van der Waals surface area (Å²) in [6.07, 6.45) is 3.20. The van der Waals surface area contributed by atoms with Gasteiger partial charge in [-0.3, -0.25) is 0 Å². The zero-order valence-corrected chi connectivity index (χ0v) is 12.4. The van der Waals surface area contributed by atoms with Crippen molar-refractivity contribution in [1.29, 1.82) is 0 Å². The highest BCUT2D eigenvalue weighted by molar-refractivity contribution is 7.90. The Bertz CT molecular complexity index is 542. The van der Waals surface area contributed by atoms with Crippen molar-refractivity contribution < 1.29 is 8.42 Å². The number of anilines is 1. The van der Waals surface area contributed by atoms with E-state index < -0.39 is 9.84 Å². The lowest BCUT2D eigenvalue weighted by molar-refractivity contribution is 0.347. The third kappa shape index (κ3) is 3.09. The van der Waals surface area contributed by atoms with E-state index in [0.29, 0.717) is 10.8 Å². The van der Waals surface area contributed by atoms with Crippen LogP contribution in [0.3, 0.4) is 0 Å². The van der Waals surface area contributed by atoms with Crippen molar-refractivity contribution in [2.24, 2.45) is 11.7 Å². The lowest BCUT2D eigenvalue weighted by Gasteiger charge is -2.38. The maximum absolute atomic E-state index is 11.9. The molecule has 2 atom stereocenters. The van der Waals surface area contributed by atoms with Crippen LogP contribution in [0.15, 0.2) is 29.2 Å². The first kappa shape index (κ1) is 14.3. The van der Waals surface area contributed by atoms with Crippen LogP contribution in [0.25, 0.3) is 0 Å². The van der Waals surface area contributed by atoms with Gasteiger partial charge in [-0.25, -0.2) is 8.42 Å². The Hall–Kier alpha value is -1.07. The number of sulfone groups is 1. The van der Waals surface area contributed by atoms with Gasteiger partial charge in [-0.1, -0.05) is 25.5 Å². The zero-order chi connectivity index (χ0) is 14.0. The van der Waals surface area contributed by atoms with Crippen molar-refractivity contribution in [2.45, 2.75) is 30.7 Å². The molecule has 1 saturated heterocycles. The monoisotopic (exact) mass is 282 g/mol. The Balaban J connectivity index is 2.33. The fraction of sp³-hybridized carbons (Fsp3) is 0.571. The molecule has 2 N–H and O–H groups in total. The molecule has 0 spiro atoms. The second-order valence-corrected chi connectivity index (χ2v) is 7.29. The molecule has 0 bridgehead atoms.